The molecule has 88 valence electrons. The Bertz CT molecular complexity index is 393. The molecule has 0 bridgehead atoms. The van der Waals surface area contributed by atoms with Gasteiger partial charge in [0.2, 0.25) is 0 Å². The third-order valence-electron chi connectivity index (χ3n) is 2.63. The normalized spacial score (nSPS) is 12.2. The lowest BCUT2D eigenvalue weighted by Crippen LogP contribution is -2.32. The quantitative estimate of drug-likeness (QED) is 0.624. The molecular formula is C11H16N2O3. The number of nitro groups is 1. The predicted octanol–water partition coefficient (Wildman–Crippen LogP) is 1.72. The van der Waals surface area contributed by atoms with Gasteiger partial charge in [-0.3, -0.25) is 10.1 Å². The highest BCUT2D eigenvalue weighted by Crippen LogP contribution is 2.29. The molecule has 0 aliphatic heterocycles. The summed E-state index contributed by atoms with van der Waals surface area (Å²) in [6.45, 7) is 3.65. The number of aliphatic hydroxyl groups is 1. The summed E-state index contributed by atoms with van der Waals surface area (Å²) in [6, 6.07) is 4.80. The van der Waals surface area contributed by atoms with E-state index in [1.54, 1.807) is 24.1 Å². The highest BCUT2D eigenvalue weighted by atomic mass is 16.6. The van der Waals surface area contributed by atoms with Gasteiger partial charge in [0.05, 0.1) is 11.5 Å². The van der Waals surface area contributed by atoms with Crippen LogP contribution >= 0.6 is 0 Å². The second kappa shape index (κ2) is 4.94. The topological polar surface area (TPSA) is 66.6 Å². The summed E-state index contributed by atoms with van der Waals surface area (Å²) in [5, 5.41) is 19.9. The average molecular weight is 224 g/mol. The van der Waals surface area contributed by atoms with Crippen molar-refractivity contribution in [3.63, 3.8) is 0 Å². The summed E-state index contributed by atoms with van der Waals surface area (Å²) in [4.78, 5) is 12.2. The predicted molar refractivity (Wildman–Crippen MR) is 62.8 cm³/mol. The largest absolute Gasteiger partial charge is 0.394 e. The van der Waals surface area contributed by atoms with Crippen molar-refractivity contribution >= 4 is 11.4 Å². The van der Waals surface area contributed by atoms with Crippen LogP contribution < -0.4 is 4.90 Å². The van der Waals surface area contributed by atoms with E-state index in [1.165, 1.54) is 6.07 Å². The van der Waals surface area contributed by atoms with Gasteiger partial charge in [-0.25, -0.2) is 0 Å². The number of aliphatic hydroxyl groups excluding tert-OH is 1. The Kier molecular flexibility index (Phi) is 3.84. The van der Waals surface area contributed by atoms with E-state index in [1.807, 2.05) is 13.8 Å². The van der Waals surface area contributed by atoms with Crippen molar-refractivity contribution in [2.75, 3.05) is 18.6 Å². The van der Waals surface area contributed by atoms with Gasteiger partial charge in [-0.05, 0) is 25.5 Å². The number of aryl methyl sites for hydroxylation is 1. The van der Waals surface area contributed by atoms with Gasteiger partial charge >= 0.3 is 0 Å². The number of benzene rings is 1. The molecule has 1 unspecified atom stereocenters. The lowest BCUT2D eigenvalue weighted by atomic mass is 10.1. The fourth-order valence-electron chi connectivity index (χ4n) is 1.43. The van der Waals surface area contributed by atoms with Crippen LogP contribution in [0.5, 0.6) is 0 Å². The number of hydrogen-bond acceptors (Lipinski definition) is 4. The fourth-order valence-corrected chi connectivity index (χ4v) is 1.43. The van der Waals surface area contributed by atoms with Crippen LogP contribution in [0.15, 0.2) is 18.2 Å². The summed E-state index contributed by atoms with van der Waals surface area (Å²) < 4.78 is 0. The summed E-state index contributed by atoms with van der Waals surface area (Å²) in [5.41, 5.74) is 1.55. The Labute approximate surface area is 94.5 Å². The van der Waals surface area contributed by atoms with Crippen molar-refractivity contribution in [2.45, 2.75) is 19.9 Å². The second-order valence-corrected chi connectivity index (χ2v) is 3.89. The zero-order chi connectivity index (χ0) is 12.3. The van der Waals surface area contributed by atoms with E-state index in [0.717, 1.165) is 5.56 Å². The third kappa shape index (κ3) is 2.49. The molecule has 0 spiro atoms. The minimum absolute atomic E-state index is 0.0401. The van der Waals surface area contributed by atoms with Gasteiger partial charge in [-0.2, -0.15) is 0 Å². The Balaban J connectivity index is 3.19. The maximum atomic E-state index is 10.9. The van der Waals surface area contributed by atoms with Crippen molar-refractivity contribution < 1.29 is 10.0 Å². The molecular weight excluding hydrogens is 208 g/mol. The number of rotatable bonds is 4. The first kappa shape index (κ1) is 12.4. The number of nitro benzene ring substituents is 1. The van der Waals surface area contributed by atoms with Gasteiger partial charge in [0.1, 0.15) is 5.69 Å². The molecule has 0 amide bonds. The van der Waals surface area contributed by atoms with E-state index in [4.69, 9.17) is 5.11 Å². The molecule has 0 fully saturated rings. The molecule has 0 aliphatic carbocycles. The van der Waals surface area contributed by atoms with Crippen LogP contribution in [0.1, 0.15) is 12.5 Å². The Hall–Kier alpha value is -1.62. The van der Waals surface area contributed by atoms with Gasteiger partial charge in [-0.1, -0.05) is 6.07 Å². The third-order valence-corrected chi connectivity index (χ3v) is 2.63. The van der Waals surface area contributed by atoms with E-state index in [0.29, 0.717) is 5.69 Å². The molecule has 5 nitrogen and oxygen atoms in total. The smallest absolute Gasteiger partial charge is 0.292 e. The van der Waals surface area contributed by atoms with Crippen molar-refractivity contribution in [1.29, 1.82) is 0 Å². The summed E-state index contributed by atoms with van der Waals surface area (Å²) >= 11 is 0. The van der Waals surface area contributed by atoms with E-state index in [9.17, 15) is 10.1 Å². The van der Waals surface area contributed by atoms with Crippen LogP contribution in [0.3, 0.4) is 0 Å². The maximum absolute atomic E-state index is 10.9. The van der Waals surface area contributed by atoms with Crippen molar-refractivity contribution in [3.05, 3.63) is 33.9 Å². The maximum Gasteiger partial charge on any atom is 0.292 e. The van der Waals surface area contributed by atoms with Gasteiger partial charge < -0.3 is 10.0 Å². The van der Waals surface area contributed by atoms with E-state index >= 15 is 0 Å². The Morgan fingerprint density at radius 3 is 2.69 bits per heavy atom. The molecule has 1 rings (SSSR count). The molecule has 1 N–H and O–H groups in total. The van der Waals surface area contributed by atoms with Gasteiger partial charge in [0.25, 0.3) is 5.69 Å². The Morgan fingerprint density at radius 2 is 2.19 bits per heavy atom. The van der Waals surface area contributed by atoms with Crippen molar-refractivity contribution in [2.24, 2.45) is 0 Å². The van der Waals surface area contributed by atoms with Crippen LogP contribution in [0.4, 0.5) is 11.4 Å². The SMILES string of the molecule is Cc1ccc([N+](=O)[O-])c(N(C)C(C)CO)c1. The summed E-state index contributed by atoms with van der Waals surface area (Å²) in [5.74, 6) is 0. The van der Waals surface area contributed by atoms with Crippen LogP contribution in [-0.4, -0.2) is 29.7 Å². The highest BCUT2D eigenvalue weighted by molar-refractivity contribution is 5.64. The first-order valence-corrected chi connectivity index (χ1v) is 5.06. The minimum atomic E-state index is -0.407. The molecule has 16 heavy (non-hydrogen) atoms. The monoisotopic (exact) mass is 224 g/mol. The fraction of sp³-hybridized carbons (Fsp3) is 0.455. The van der Waals surface area contributed by atoms with Gasteiger partial charge in [-0.15, -0.1) is 0 Å². The molecule has 0 heterocycles. The first-order valence-electron chi connectivity index (χ1n) is 5.06. The first-order chi connectivity index (χ1) is 7.47. The molecule has 5 heteroatoms. The Morgan fingerprint density at radius 1 is 1.56 bits per heavy atom. The van der Waals surface area contributed by atoms with E-state index in [2.05, 4.69) is 0 Å². The second-order valence-electron chi connectivity index (χ2n) is 3.89. The standard InChI is InChI=1S/C11H16N2O3/c1-8-4-5-10(13(15)16)11(6-8)12(3)9(2)7-14/h4-6,9,14H,7H2,1-3H3. The summed E-state index contributed by atoms with van der Waals surface area (Å²) in [6.07, 6.45) is 0. The highest BCUT2D eigenvalue weighted by Gasteiger charge is 2.19. The molecule has 1 aromatic rings. The van der Waals surface area contributed by atoms with Crippen LogP contribution in [0.2, 0.25) is 0 Å². The van der Waals surface area contributed by atoms with Crippen molar-refractivity contribution in [3.8, 4) is 0 Å². The molecule has 1 aromatic carbocycles. The van der Waals surface area contributed by atoms with Crippen LogP contribution in [-0.2, 0) is 0 Å². The molecule has 0 aromatic heterocycles. The summed E-state index contributed by atoms with van der Waals surface area (Å²) in [7, 11) is 1.74. The van der Waals surface area contributed by atoms with Crippen molar-refractivity contribution in [1.82, 2.24) is 0 Å². The molecule has 1 atom stereocenters. The van der Waals surface area contributed by atoms with Crippen LogP contribution in [0, 0.1) is 17.0 Å². The zero-order valence-electron chi connectivity index (χ0n) is 9.67. The van der Waals surface area contributed by atoms with Gasteiger partial charge in [0, 0.05) is 19.2 Å². The molecule has 0 saturated heterocycles. The molecule has 0 aliphatic rings. The zero-order valence-corrected chi connectivity index (χ0v) is 9.67. The molecule has 0 saturated carbocycles. The lowest BCUT2D eigenvalue weighted by Gasteiger charge is -2.25. The minimum Gasteiger partial charge on any atom is -0.394 e. The number of nitrogens with zero attached hydrogens (tertiary/aromatic N) is 2. The van der Waals surface area contributed by atoms with Crippen LogP contribution in [0.25, 0.3) is 0 Å². The molecule has 0 radical (unpaired) electrons. The van der Waals surface area contributed by atoms with E-state index in [-0.39, 0.29) is 18.3 Å². The number of hydrogen-bond donors (Lipinski definition) is 1. The van der Waals surface area contributed by atoms with Gasteiger partial charge in [0.15, 0.2) is 0 Å². The number of anilines is 1. The lowest BCUT2D eigenvalue weighted by molar-refractivity contribution is -0.384. The number of likely N-dealkylation sites (N-methyl/N-ethyl adjacent to an activating group) is 1. The van der Waals surface area contributed by atoms with E-state index < -0.39 is 4.92 Å². The average Bonchev–Trinajstić information content (AvgIpc) is 2.26.